The Morgan fingerprint density at radius 2 is 1.93 bits per heavy atom. The molecule has 27 heavy (non-hydrogen) atoms. The van der Waals surface area contributed by atoms with E-state index in [4.69, 9.17) is 11.1 Å². The predicted octanol–water partition coefficient (Wildman–Crippen LogP) is -1.11. The Morgan fingerprint density at radius 3 is 2.74 bits per heavy atom. The Bertz CT molecular complexity index is 1210. The number of aromatic nitrogens is 8. The smallest absolute Gasteiger partial charge is 0.278 e. The third kappa shape index (κ3) is 3.17. The van der Waals surface area contributed by atoms with Crippen molar-refractivity contribution in [1.29, 1.82) is 5.41 Å². The minimum Gasteiger partial charge on any atom is -0.369 e. The molecule has 12 heteroatoms. The lowest BCUT2D eigenvalue weighted by molar-refractivity contribution is 0.307. The predicted molar refractivity (Wildman–Crippen MR) is 97.8 cm³/mol. The molecule has 4 aromatic rings. The molecule has 4 aromatic heterocycles. The van der Waals surface area contributed by atoms with E-state index in [1.807, 2.05) is 11.6 Å². The molecule has 0 aliphatic rings. The van der Waals surface area contributed by atoms with Crippen LogP contribution in [0.5, 0.6) is 0 Å². The molecule has 5 N–H and O–H groups in total. The van der Waals surface area contributed by atoms with Crippen molar-refractivity contribution in [1.82, 2.24) is 43.9 Å². The highest BCUT2D eigenvalue weighted by Crippen LogP contribution is 2.06. The number of aromatic amines is 2. The van der Waals surface area contributed by atoms with Crippen LogP contribution >= 0.6 is 0 Å². The van der Waals surface area contributed by atoms with Gasteiger partial charge in [0.05, 0.1) is 19.0 Å². The molecule has 12 nitrogen and oxygen atoms in total. The van der Waals surface area contributed by atoms with Crippen LogP contribution in [0.3, 0.4) is 0 Å². The van der Waals surface area contributed by atoms with Crippen molar-refractivity contribution < 1.29 is 0 Å². The molecule has 4 heterocycles. The number of H-pyrrole nitrogens is 2. The Morgan fingerprint density at radius 1 is 1.19 bits per heavy atom. The van der Waals surface area contributed by atoms with Gasteiger partial charge in [-0.1, -0.05) is 0 Å². The molecular weight excluding hydrogens is 350 g/mol. The van der Waals surface area contributed by atoms with Gasteiger partial charge in [-0.2, -0.15) is 4.98 Å². The lowest BCUT2D eigenvalue weighted by Crippen LogP contribution is -2.28. The zero-order valence-corrected chi connectivity index (χ0v) is 14.7. The van der Waals surface area contributed by atoms with E-state index in [-0.39, 0.29) is 17.0 Å². The highest BCUT2D eigenvalue weighted by Gasteiger charge is 2.10. The van der Waals surface area contributed by atoms with Crippen molar-refractivity contribution in [3.63, 3.8) is 0 Å². The quantitative estimate of drug-likeness (QED) is 0.334. The third-order valence-electron chi connectivity index (χ3n) is 4.40. The SMILES string of the molecule is CN(CCn1cnc(=N)c2[nH]cnc21)CCn1cnc2nc(N)[nH]c(=O)c21. The van der Waals surface area contributed by atoms with E-state index in [0.717, 1.165) is 6.54 Å². The van der Waals surface area contributed by atoms with Crippen LogP contribution in [0, 0.1) is 5.41 Å². The van der Waals surface area contributed by atoms with Gasteiger partial charge < -0.3 is 24.8 Å². The van der Waals surface area contributed by atoms with Gasteiger partial charge in [-0.05, 0) is 7.05 Å². The van der Waals surface area contributed by atoms with Gasteiger partial charge in [0.1, 0.15) is 5.52 Å². The van der Waals surface area contributed by atoms with E-state index in [2.05, 4.69) is 34.8 Å². The number of nitrogen functional groups attached to an aromatic ring is 1. The van der Waals surface area contributed by atoms with Crippen LogP contribution in [0.1, 0.15) is 0 Å². The summed E-state index contributed by atoms with van der Waals surface area (Å²) in [5, 5.41) is 7.78. The minimum atomic E-state index is -0.296. The second-order valence-electron chi connectivity index (χ2n) is 6.25. The summed E-state index contributed by atoms with van der Waals surface area (Å²) in [6.45, 7) is 2.73. The maximum Gasteiger partial charge on any atom is 0.278 e. The lowest BCUT2D eigenvalue weighted by Gasteiger charge is -2.18. The van der Waals surface area contributed by atoms with Crippen LogP contribution in [0.4, 0.5) is 5.95 Å². The molecule has 0 amide bonds. The van der Waals surface area contributed by atoms with Gasteiger partial charge in [-0.3, -0.25) is 15.2 Å². The topological polar surface area (TPSA) is 163 Å². The first kappa shape index (κ1) is 16.9. The molecule has 0 saturated carbocycles. The summed E-state index contributed by atoms with van der Waals surface area (Å²) in [5.74, 6) is 0.0591. The van der Waals surface area contributed by atoms with Gasteiger partial charge in [0.25, 0.3) is 5.56 Å². The zero-order valence-electron chi connectivity index (χ0n) is 14.7. The first-order valence-corrected chi connectivity index (χ1v) is 8.35. The van der Waals surface area contributed by atoms with E-state index < -0.39 is 0 Å². The Labute approximate surface area is 152 Å². The first-order chi connectivity index (χ1) is 13.0. The largest absolute Gasteiger partial charge is 0.369 e. The van der Waals surface area contributed by atoms with Gasteiger partial charge in [-0.25, -0.2) is 15.0 Å². The highest BCUT2D eigenvalue weighted by atomic mass is 16.1. The second-order valence-corrected chi connectivity index (χ2v) is 6.25. The fourth-order valence-corrected chi connectivity index (χ4v) is 2.93. The number of fused-ring (bicyclic) bond motifs is 2. The van der Waals surface area contributed by atoms with Crippen LogP contribution in [0.2, 0.25) is 0 Å². The third-order valence-corrected chi connectivity index (χ3v) is 4.40. The summed E-state index contributed by atoms with van der Waals surface area (Å²) >= 11 is 0. The summed E-state index contributed by atoms with van der Waals surface area (Å²) in [4.78, 5) is 36.1. The van der Waals surface area contributed by atoms with Gasteiger partial charge in [0, 0.05) is 26.2 Å². The molecule has 0 radical (unpaired) electrons. The average Bonchev–Trinajstić information content (AvgIpc) is 3.27. The molecule has 4 rings (SSSR count). The van der Waals surface area contributed by atoms with Crippen LogP contribution < -0.4 is 16.8 Å². The Balaban J connectivity index is 1.42. The normalized spacial score (nSPS) is 11.8. The Kier molecular flexibility index (Phi) is 4.16. The molecule has 0 bridgehead atoms. The number of hydrogen-bond acceptors (Lipinski definition) is 8. The maximum atomic E-state index is 12.1. The summed E-state index contributed by atoms with van der Waals surface area (Å²) < 4.78 is 3.68. The van der Waals surface area contributed by atoms with Crippen molar-refractivity contribution in [3.05, 3.63) is 34.8 Å². The monoisotopic (exact) mass is 369 g/mol. The number of nitrogens with two attached hydrogens (primary N) is 1. The molecule has 0 unspecified atom stereocenters. The molecular formula is C15H19N11O. The molecule has 0 fully saturated rings. The van der Waals surface area contributed by atoms with Crippen molar-refractivity contribution in [2.75, 3.05) is 25.9 Å². The molecule has 0 atom stereocenters. The minimum absolute atomic E-state index is 0.0591. The number of anilines is 1. The number of hydrogen-bond donors (Lipinski definition) is 4. The summed E-state index contributed by atoms with van der Waals surface area (Å²) in [5.41, 5.74) is 7.52. The number of imidazole rings is 2. The molecule has 0 aliphatic heterocycles. The van der Waals surface area contributed by atoms with Gasteiger partial charge in [-0.15, -0.1) is 0 Å². The van der Waals surface area contributed by atoms with Gasteiger partial charge in [0.15, 0.2) is 22.3 Å². The number of rotatable bonds is 6. The molecule has 0 aromatic carbocycles. The van der Waals surface area contributed by atoms with E-state index in [0.29, 0.717) is 42.0 Å². The van der Waals surface area contributed by atoms with Gasteiger partial charge in [0.2, 0.25) is 5.95 Å². The fraction of sp³-hybridized carbons (Fsp3) is 0.333. The summed E-state index contributed by atoms with van der Waals surface area (Å²) in [7, 11) is 1.99. The van der Waals surface area contributed by atoms with Crippen LogP contribution in [-0.2, 0) is 13.1 Å². The van der Waals surface area contributed by atoms with E-state index in [1.54, 1.807) is 23.5 Å². The molecule has 0 spiro atoms. The maximum absolute atomic E-state index is 12.1. The van der Waals surface area contributed by atoms with Crippen LogP contribution in [0.25, 0.3) is 22.3 Å². The van der Waals surface area contributed by atoms with Crippen LogP contribution in [0.15, 0.2) is 23.8 Å². The van der Waals surface area contributed by atoms with E-state index in [9.17, 15) is 4.79 Å². The summed E-state index contributed by atoms with van der Waals surface area (Å²) in [6.07, 6.45) is 4.78. The molecule has 140 valence electrons. The second kappa shape index (κ2) is 6.64. The number of nitrogens with zero attached hydrogens (tertiary/aromatic N) is 7. The number of nitrogens with one attached hydrogen (secondary N) is 3. The van der Waals surface area contributed by atoms with Crippen molar-refractivity contribution in [3.8, 4) is 0 Å². The molecule has 0 saturated heterocycles. The average molecular weight is 369 g/mol. The van der Waals surface area contributed by atoms with Crippen LogP contribution in [-0.4, -0.2) is 64.1 Å². The van der Waals surface area contributed by atoms with Crippen molar-refractivity contribution in [2.45, 2.75) is 13.1 Å². The lowest BCUT2D eigenvalue weighted by atomic mass is 10.4. The van der Waals surface area contributed by atoms with E-state index >= 15 is 0 Å². The zero-order chi connectivity index (χ0) is 19.0. The standard InChI is InChI=1S/C15H19N11O/c1-24(3-5-26-7-20-11(16)9-13(26)19-6-18-9)2-4-25-8-21-12-10(25)14(27)23-15(17)22-12/h6-8,16H,2-5H2,1H3,(H,18,19)(H3,17,22,23,27). The highest BCUT2D eigenvalue weighted by molar-refractivity contribution is 5.70. The van der Waals surface area contributed by atoms with E-state index in [1.165, 1.54) is 0 Å². The van der Waals surface area contributed by atoms with Gasteiger partial charge >= 0.3 is 0 Å². The van der Waals surface area contributed by atoms with Crippen molar-refractivity contribution in [2.24, 2.45) is 0 Å². The summed E-state index contributed by atoms with van der Waals surface area (Å²) in [6, 6.07) is 0. The Hall–Kier alpha value is -3.54. The number of likely N-dealkylation sites (N-methyl/N-ethyl adjacent to an activating group) is 1. The first-order valence-electron chi connectivity index (χ1n) is 8.35. The fourth-order valence-electron chi connectivity index (χ4n) is 2.93. The van der Waals surface area contributed by atoms with Crippen molar-refractivity contribution >= 4 is 28.3 Å². The molecule has 0 aliphatic carbocycles.